The van der Waals surface area contributed by atoms with Crippen LogP contribution in [0.25, 0.3) is 11.2 Å². The van der Waals surface area contributed by atoms with Crippen molar-refractivity contribution in [3.8, 4) is 5.88 Å². The van der Waals surface area contributed by atoms with Crippen LogP contribution in [0.1, 0.15) is 6.92 Å². The van der Waals surface area contributed by atoms with E-state index in [1.54, 1.807) is 28.6 Å². The van der Waals surface area contributed by atoms with Gasteiger partial charge in [-0.2, -0.15) is 4.98 Å². The summed E-state index contributed by atoms with van der Waals surface area (Å²) in [5.41, 5.74) is 7.03. The summed E-state index contributed by atoms with van der Waals surface area (Å²) in [6.07, 6.45) is 0. The van der Waals surface area contributed by atoms with E-state index in [0.29, 0.717) is 23.6 Å². The molecule has 0 bridgehead atoms. The topological polar surface area (TPSA) is 86.3 Å². The number of methoxy groups -OCH3 is 1. The van der Waals surface area contributed by atoms with Gasteiger partial charge in [-0.1, -0.05) is 0 Å². The Morgan fingerprint density at radius 1 is 1.47 bits per heavy atom. The van der Waals surface area contributed by atoms with Crippen molar-refractivity contribution in [2.75, 3.05) is 26.4 Å². The van der Waals surface area contributed by atoms with Crippen molar-refractivity contribution in [1.29, 1.82) is 0 Å². The van der Waals surface area contributed by atoms with Gasteiger partial charge < -0.3 is 15.4 Å². The van der Waals surface area contributed by atoms with Gasteiger partial charge in [-0.3, -0.25) is 9.36 Å². The van der Waals surface area contributed by atoms with Crippen molar-refractivity contribution in [3.05, 3.63) is 12.1 Å². The second-order valence-corrected chi connectivity index (χ2v) is 4.16. The van der Waals surface area contributed by atoms with Gasteiger partial charge in [-0.25, -0.2) is 4.98 Å². The van der Waals surface area contributed by atoms with E-state index in [0.717, 1.165) is 0 Å². The van der Waals surface area contributed by atoms with E-state index in [4.69, 9.17) is 10.5 Å². The molecule has 0 aliphatic heterocycles. The van der Waals surface area contributed by atoms with Crippen LogP contribution in [0.15, 0.2) is 12.1 Å². The largest absolute Gasteiger partial charge is 0.481 e. The zero-order chi connectivity index (χ0) is 14.0. The van der Waals surface area contributed by atoms with Crippen LogP contribution in [0.4, 0.5) is 5.95 Å². The number of hydrogen-bond acceptors (Lipinski definition) is 5. The molecular weight excluding hydrogens is 246 g/mol. The number of anilines is 1. The Morgan fingerprint density at radius 2 is 2.21 bits per heavy atom. The molecule has 7 nitrogen and oxygen atoms in total. The molecule has 0 saturated carbocycles. The number of likely N-dealkylation sites (N-methyl/N-ethyl adjacent to an activating group) is 1. The highest BCUT2D eigenvalue weighted by Gasteiger charge is 2.15. The van der Waals surface area contributed by atoms with Gasteiger partial charge in [0.25, 0.3) is 0 Å². The second-order valence-electron chi connectivity index (χ2n) is 4.16. The van der Waals surface area contributed by atoms with Crippen LogP contribution in [0.2, 0.25) is 0 Å². The lowest BCUT2D eigenvalue weighted by molar-refractivity contribution is -0.130. The molecule has 0 aliphatic rings. The number of pyridine rings is 1. The summed E-state index contributed by atoms with van der Waals surface area (Å²) in [5.74, 6) is 0.691. The summed E-state index contributed by atoms with van der Waals surface area (Å²) in [7, 11) is 3.28. The smallest absolute Gasteiger partial charge is 0.242 e. The molecule has 0 saturated heterocycles. The summed E-state index contributed by atoms with van der Waals surface area (Å²) in [5, 5.41) is 0. The minimum Gasteiger partial charge on any atom is -0.481 e. The first-order chi connectivity index (χ1) is 9.06. The van der Waals surface area contributed by atoms with Crippen LogP contribution in [-0.2, 0) is 11.3 Å². The third kappa shape index (κ3) is 2.44. The average molecular weight is 263 g/mol. The second kappa shape index (κ2) is 5.13. The summed E-state index contributed by atoms with van der Waals surface area (Å²) >= 11 is 0. The van der Waals surface area contributed by atoms with Crippen molar-refractivity contribution in [1.82, 2.24) is 19.4 Å². The number of carbonyl (C=O) groups excluding carboxylic acids is 1. The molecular formula is C12H17N5O2. The number of amides is 1. The maximum Gasteiger partial charge on any atom is 0.242 e. The molecule has 0 spiro atoms. The number of fused-ring (bicyclic) bond motifs is 1. The van der Waals surface area contributed by atoms with E-state index in [2.05, 4.69) is 9.97 Å². The number of rotatable bonds is 4. The molecule has 0 radical (unpaired) electrons. The summed E-state index contributed by atoms with van der Waals surface area (Å²) in [6.45, 7) is 2.67. The first-order valence-corrected chi connectivity index (χ1v) is 5.97. The highest BCUT2D eigenvalue weighted by Crippen LogP contribution is 2.19. The van der Waals surface area contributed by atoms with Gasteiger partial charge in [0.2, 0.25) is 17.7 Å². The molecule has 0 aliphatic carbocycles. The normalized spacial score (nSPS) is 10.7. The van der Waals surface area contributed by atoms with Crippen molar-refractivity contribution >= 4 is 23.0 Å². The number of ether oxygens (including phenoxy) is 1. The molecule has 2 N–H and O–H groups in total. The van der Waals surface area contributed by atoms with E-state index in [9.17, 15) is 4.79 Å². The van der Waals surface area contributed by atoms with Crippen LogP contribution in [-0.4, -0.2) is 46.0 Å². The third-order valence-electron chi connectivity index (χ3n) is 3.00. The lowest BCUT2D eigenvalue weighted by atomic mass is 10.4. The number of aromatic nitrogens is 3. The third-order valence-corrected chi connectivity index (χ3v) is 3.00. The van der Waals surface area contributed by atoms with Gasteiger partial charge >= 0.3 is 0 Å². The number of nitrogens with zero attached hydrogens (tertiary/aromatic N) is 4. The van der Waals surface area contributed by atoms with Crippen molar-refractivity contribution < 1.29 is 9.53 Å². The predicted molar refractivity (Wildman–Crippen MR) is 71.8 cm³/mol. The fourth-order valence-corrected chi connectivity index (χ4v) is 1.70. The highest BCUT2D eigenvalue weighted by atomic mass is 16.5. The minimum atomic E-state index is -0.0434. The Hall–Kier alpha value is -2.31. The van der Waals surface area contributed by atoms with Gasteiger partial charge in [0, 0.05) is 19.7 Å². The number of carbonyl (C=O) groups is 1. The molecule has 0 aromatic carbocycles. The quantitative estimate of drug-likeness (QED) is 0.868. The van der Waals surface area contributed by atoms with Crippen LogP contribution >= 0.6 is 0 Å². The van der Waals surface area contributed by atoms with Crippen LogP contribution < -0.4 is 10.5 Å². The Labute approximate surface area is 111 Å². The fourth-order valence-electron chi connectivity index (χ4n) is 1.70. The van der Waals surface area contributed by atoms with E-state index in [1.165, 1.54) is 7.11 Å². The van der Waals surface area contributed by atoms with Crippen molar-refractivity contribution in [2.45, 2.75) is 13.5 Å². The molecule has 2 aromatic rings. The maximum atomic E-state index is 12.0. The summed E-state index contributed by atoms with van der Waals surface area (Å²) < 4.78 is 6.66. The standard InChI is InChI=1S/C12H17N5O2/c1-4-16(2)10(18)7-17-11-8(14-12(17)13)5-6-9(15-11)19-3/h5-6H,4,7H2,1-3H3,(H2,13,14). The lowest BCUT2D eigenvalue weighted by Gasteiger charge is -2.15. The number of hydrogen-bond donors (Lipinski definition) is 1. The van der Waals surface area contributed by atoms with E-state index in [-0.39, 0.29) is 18.4 Å². The van der Waals surface area contributed by atoms with Gasteiger partial charge in [-0.05, 0) is 13.0 Å². The Kier molecular flexibility index (Phi) is 3.55. The van der Waals surface area contributed by atoms with E-state index < -0.39 is 0 Å². The van der Waals surface area contributed by atoms with Crippen LogP contribution in [0.5, 0.6) is 5.88 Å². The number of nitrogens with two attached hydrogens (primary N) is 1. The van der Waals surface area contributed by atoms with Gasteiger partial charge in [0.05, 0.1) is 7.11 Å². The summed E-state index contributed by atoms with van der Waals surface area (Å²) in [4.78, 5) is 22.0. The minimum absolute atomic E-state index is 0.0434. The molecule has 1 amide bonds. The van der Waals surface area contributed by atoms with Crippen LogP contribution in [0.3, 0.4) is 0 Å². The maximum absolute atomic E-state index is 12.0. The Balaban J connectivity index is 2.41. The number of nitrogen functional groups attached to an aromatic ring is 1. The molecule has 0 fully saturated rings. The molecule has 0 unspecified atom stereocenters. The number of imidazole rings is 1. The molecule has 102 valence electrons. The van der Waals surface area contributed by atoms with Gasteiger partial charge in [0.15, 0.2) is 5.65 Å². The van der Waals surface area contributed by atoms with Crippen LogP contribution in [0, 0.1) is 0 Å². The zero-order valence-electron chi connectivity index (χ0n) is 11.3. The molecule has 0 atom stereocenters. The monoisotopic (exact) mass is 263 g/mol. The zero-order valence-corrected chi connectivity index (χ0v) is 11.3. The van der Waals surface area contributed by atoms with Gasteiger partial charge in [-0.15, -0.1) is 0 Å². The lowest BCUT2D eigenvalue weighted by Crippen LogP contribution is -2.30. The molecule has 7 heteroatoms. The Morgan fingerprint density at radius 3 is 2.84 bits per heavy atom. The molecule has 2 aromatic heterocycles. The first kappa shape index (κ1) is 13.1. The molecule has 19 heavy (non-hydrogen) atoms. The predicted octanol–water partition coefficient (Wildman–Crippen LogP) is 0.500. The fraction of sp³-hybridized carbons (Fsp3) is 0.417. The van der Waals surface area contributed by atoms with E-state index in [1.807, 2.05) is 6.92 Å². The SMILES string of the molecule is CCN(C)C(=O)Cn1c(N)nc2ccc(OC)nc21. The summed E-state index contributed by atoms with van der Waals surface area (Å²) in [6, 6.07) is 3.47. The molecule has 2 heterocycles. The van der Waals surface area contributed by atoms with Crippen molar-refractivity contribution in [2.24, 2.45) is 0 Å². The molecule has 2 rings (SSSR count). The van der Waals surface area contributed by atoms with Crippen molar-refractivity contribution in [3.63, 3.8) is 0 Å². The highest BCUT2D eigenvalue weighted by molar-refractivity contribution is 5.80. The van der Waals surface area contributed by atoms with Gasteiger partial charge in [0.1, 0.15) is 12.1 Å². The average Bonchev–Trinajstić information content (AvgIpc) is 2.73. The Bertz CT molecular complexity index is 607. The first-order valence-electron chi connectivity index (χ1n) is 5.97. The van der Waals surface area contributed by atoms with E-state index >= 15 is 0 Å².